The zero-order chi connectivity index (χ0) is 13.3. The first-order valence-electron chi connectivity index (χ1n) is 6.34. The van der Waals surface area contributed by atoms with Gasteiger partial charge in [-0.3, -0.25) is 4.68 Å². The monoisotopic (exact) mass is 272 g/mol. The first kappa shape index (κ1) is 13.5. The number of hydrogen-bond acceptors (Lipinski definition) is 4. The number of aliphatic hydroxyl groups excluding tert-OH is 1. The summed E-state index contributed by atoms with van der Waals surface area (Å²) in [7, 11) is -3.04. The van der Waals surface area contributed by atoms with Gasteiger partial charge in [-0.05, 0) is 45.1 Å². The second-order valence-electron chi connectivity index (χ2n) is 4.88. The molecule has 6 heteroatoms. The second-order valence-corrected chi connectivity index (χ2v) is 7.16. The number of nitrogens with zero attached hydrogens (tertiary/aromatic N) is 2. The van der Waals surface area contributed by atoms with Crippen LogP contribution in [0.1, 0.15) is 41.6 Å². The highest BCUT2D eigenvalue weighted by Gasteiger charge is 2.34. The maximum Gasteiger partial charge on any atom is 0.173 e. The van der Waals surface area contributed by atoms with Crippen molar-refractivity contribution < 1.29 is 13.5 Å². The van der Waals surface area contributed by atoms with Crippen molar-refractivity contribution in [2.24, 2.45) is 0 Å². The molecule has 18 heavy (non-hydrogen) atoms. The molecule has 1 atom stereocenters. The lowest BCUT2D eigenvalue weighted by molar-refractivity contribution is 0.288. The Morgan fingerprint density at radius 2 is 2.17 bits per heavy atom. The standard InChI is InChI=1S/C12H20N2O3S/c1-9-11(5-3-7-15)10(2)14(13-9)12-6-4-8-18(12,16)17/h12,15H,3-8H2,1-2H3. The van der Waals surface area contributed by atoms with Gasteiger partial charge in [0.15, 0.2) is 15.2 Å². The number of aromatic nitrogens is 2. The number of aliphatic hydroxyl groups is 1. The van der Waals surface area contributed by atoms with E-state index in [4.69, 9.17) is 5.11 Å². The molecule has 0 amide bonds. The van der Waals surface area contributed by atoms with E-state index in [0.717, 1.165) is 29.8 Å². The Labute approximate surface area is 108 Å². The fourth-order valence-corrected chi connectivity index (χ4v) is 4.52. The Bertz CT molecular complexity index is 534. The van der Waals surface area contributed by atoms with Crippen LogP contribution >= 0.6 is 0 Å². The van der Waals surface area contributed by atoms with Crippen molar-refractivity contribution in [3.05, 3.63) is 17.0 Å². The van der Waals surface area contributed by atoms with Crippen LogP contribution in [0, 0.1) is 13.8 Å². The van der Waals surface area contributed by atoms with E-state index in [9.17, 15) is 8.42 Å². The number of sulfone groups is 1. The van der Waals surface area contributed by atoms with Gasteiger partial charge in [-0.15, -0.1) is 0 Å². The van der Waals surface area contributed by atoms with Crippen LogP contribution in [-0.2, 0) is 16.3 Å². The van der Waals surface area contributed by atoms with E-state index < -0.39 is 15.2 Å². The summed E-state index contributed by atoms with van der Waals surface area (Å²) in [6.07, 6.45) is 2.81. The Hall–Kier alpha value is -0.880. The lowest BCUT2D eigenvalue weighted by atomic mass is 10.1. The molecule has 5 nitrogen and oxygen atoms in total. The van der Waals surface area contributed by atoms with Crippen molar-refractivity contribution in [2.45, 2.75) is 44.9 Å². The Morgan fingerprint density at radius 1 is 1.44 bits per heavy atom. The number of hydrogen-bond donors (Lipinski definition) is 1. The van der Waals surface area contributed by atoms with Crippen molar-refractivity contribution in [1.82, 2.24) is 9.78 Å². The summed E-state index contributed by atoms with van der Waals surface area (Å²) in [5.74, 6) is 0.266. The number of rotatable bonds is 4. The van der Waals surface area contributed by atoms with Crippen LogP contribution in [0.2, 0.25) is 0 Å². The van der Waals surface area contributed by atoms with Crippen molar-refractivity contribution in [1.29, 1.82) is 0 Å². The Morgan fingerprint density at radius 3 is 2.72 bits per heavy atom. The topological polar surface area (TPSA) is 72.2 Å². The van der Waals surface area contributed by atoms with Crippen molar-refractivity contribution >= 4 is 9.84 Å². The third-order valence-electron chi connectivity index (χ3n) is 3.63. The van der Waals surface area contributed by atoms with Gasteiger partial charge in [0.1, 0.15) is 0 Å². The summed E-state index contributed by atoms with van der Waals surface area (Å²) in [5, 5.41) is 12.8. The molecule has 1 unspecified atom stereocenters. The quantitative estimate of drug-likeness (QED) is 0.892. The first-order valence-corrected chi connectivity index (χ1v) is 8.06. The molecule has 102 valence electrons. The van der Waals surface area contributed by atoms with Crippen molar-refractivity contribution in [3.8, 4) is 0 Å². The highest BCUT2D eigenvalue weighted by Crippen LogP contribution is 2.32. The number of aryl methyl sites for hydroxylation is 1. The normalized spacial score (nSPS) is 22.5. The van der Waals surface area contributed by atoms with E-state index in [1.54, 1.807) is 4.68 Å². The fraction of sp³-hybridized carbons (Fsp3) is 0.750. The average Bonchev–Trinajstić information content (AvgIpc) is 2.77. The molecule has 0 radical (unpaired) electrons. The molecule has 0 spiro atoms. The molecule has 2 rings (SSSR count). The molecule has 2 heterocycles. The molecular formula is C12H20N2O3S. The Balaban J connectivity index is 2.35. The molecule has 1 aliphatic heterocycles. The summed E-state index contributed by atoms with van der Waals surface area (Å²) in [4.78, 5) is 0. The molecular weight excluding hydrogens is 252 g/mol. The average molecular weight is 272 g/mol. The summed E-state index contributed by atoms with van der Waals surface area (Å²) < 4.78 is 25.6. The van der Waals surface area contributed by atoms with Gasteiger partial charge in [-0.25, -0.2) is 8.42 Å². The highest BCUT2D eigenvalue weighted by molar-refractivity contribution is 7.91. The summed E-state index contributed by atoms with van der Waals surface area (Å²) >= 11 is 0. The van der Waals surface area contributed by atoms with Gasteiger partial charge in [0.2, 0.25) is 0 Å². The lowest BCUT2D eigenvalue weighted by Gasteiger charge is -2.12. The van der Waals surface area contributed by atoms with Crippen molar-refractivity contribution in [3.63, 3.8) is 0 Å². The van der Waals surface area contributed by atoms with Crippen LogP contribution < -0.4 is 0 Å². The molecule has 1 fully saturated rings. The third kappa shape index (κ3) is 2.31. The zero-order valence-electron chi connectivity index (χ0n) is 10.9. The van der Waals surface area contributed by atoms with Crippen LogP contribution in [0.4, 0.5) is 0 Å². The van der Waals surface area contributed by atoms with Crippen molar-refractivity contribution in [2.75, 3.05) is 12.4 Å². The van der Waals surface area contributed by atoms with Crippen LogP contribution in [0.5, 0.6) is 0 Å². The second kappa shape index (κ2) is 5.01. The zero-order valence-corrected chi connectivity index (χ0v) is 11.7. The molecule has 0 saturated carbocycles. The van der Waals surface area contributed by atoms with Gasteiger partial charge >= 0.3 is 0 Å². The molecule has 1 saturated heterocycles. The largest absolute Gasteiger partial charge is 0.396 e. The smallest absolute Gasteiger partial charge is 0.173 e. The minimum absolute atomic E-state index is 0.145. The van der Waals surface area contributed by atoms with Crippen LogP contribution in [-0.4, -0.2) is 35.7 Å². The molecule has 0 bridgehead atoms. The predicted molar refractivity (Wildman–Crippen MR) is 69.2 cm³/mol. The Kier molecular flexibility index (Phi) is 3.77. The maximum absolute atomic E-state index is 11.9. The minimum Gasteiger partial charge on any atom is -0.396 e. The van der Waals surface area contributed by atoms with E-state index >= 15 is 0 Å². The van der Waals surface area contributed by atoms with E-state index in [-0.39, 0.29) is 12.4 Å². The third-order valence-corrected chi connectivity index (χ3v) is 5.75. The van der Waals surface area contributed by atoms with Gasteiger partial charge < -0.3 is 5.11 Å². The SMILES string of the molecule is Cc1nn(C2CCCS2(=O)=O)c(C)c1CCCO. The summed E-state index contributed by atoms with van der Waals surface area (Å²) in [6.45, 7) is 3.96. The van der Waals surface area contributed by atoms with E-state index in [1.165, 1.54) is 0 Å². The molecule has 0 aromatic carbocycles. The minimum atomic E-state index is -3.04. The molecule has 1 aliphatic rings. The van der Waals surface area contributed by atoms with E-state index in [1.807, 2.05) is 13.8 Å². The fourth-order valence-electron chi connectivity index (χ4n) is 2.64. The van der Waals surface area contributed by atoms with Crippen LogP contribution in [0.25, 0.3) is 0 Å². The van der Waals surface area contributed by atoms with Gasteiger partial charge in [0.05, 0.1) is 11.4 Å². The van der Waals surface area contributed by atoms with E-state index in [0.29, 0.717) is 12.8 Å². The van der Waals surface area contributed by atoms with Gasteiger partial charge in [0.25, 0.3) is 0 Å². The van der Waals surface area contributed by atoms with E-state index in [2.05, 4.69) is 5.10 Å². The lowest BCUT2D eigenvalue weighted by Crippen LogP contribution is -2.18. The van der Waals surface area contributed by atoms with Gasteiger partial charge in [-0.2, -0.15) is 5.10 Å². The summed E-state index contributed by atoms with van der Waals surface area (Å²) in [6, 6.07) is 0. The molecule has 0 aliphatic carbocycles. The summed E-state index contributed by atoms with van der Waals surface area (Å²) in [5.41, 5.74) is 2.88. The van der Waals surface area contributed by atoms with Gasteiger partial charge in [-0.1, -0.05) is 0 Å². The molecule has 1 aromatic rings. The molecule has 1 N–H and O–H groups in total. The maximum atomic E-state index is 11.9. The first-order chi connectivity index (χ1) is 8.47. The predicted octanol–water partition coefficient (Wildman–Crippen LogP) is 1.13. The van der Waals surface area contributed by atoms with Gasteiger partial charge in [0, 0.05) is 12.3 Å². The molecule has 1 aromatic heterocycles. The van der Waals surface area contributed by atoms with Crippen LogP contribution in [0.3, 0.4) is 0 Å². The highest BCUT2D eigenvalue weighted by atomic mass is 32.2. The van der Waals surface area contributed by atoms with Crippen LogP contribution in [0.15, 0.2) is 0 Å².